The van der Waals surface area contributed by atoms with Crippen LogP contribution in [-0.4, -0.2) is 57.5 Å². The first-order valence-electron chi connectivity index (χ1n) is 11.4. The summed E-state index contributed by atoms with van der Waals surface area (Å²) in [6.45, 7) is 7.32. The summed E-state index contributed by atoms with van der Waals surface area (Å²) < 4.78 is 17.1. The van der Waals surface area contributed by atoms with E-state index in [1.165, 1.54) is 18.2 Å². The average Bonchev–Trinajstić information content (AvgIpc) is 3.37. The summed E-state index contributed by atoms with van der Waals surface area (Å²) in [5.41, 5.74) is 3.76. The van der Waals surface area contributed by atoms with Crippen LogP contribution in [0, 0.1) is 5.41 Å². The summed E-state index contributed by atoms with van der Waals surface area (Å²) in [5.74, 6) is 1.67. The van der Waals surface area contributed by atoms with Gasteiger partial charge >= 0.3 is 6.09 Å². The second-order valence-corrected chi connectivity index (χ2v) is 9.16. The molecule has 1 heterocycles. The van der Waals surface area contributed by atoms with Gasteiger partial charge in [0.25, 0.3) is 0 Å². The lowest BCUT2D eigenvalue weighted by molar-refractivity contribution is 0.128. The van der Waals surface area contributed by atoms with Crippen LogP contribution in [0.1, 0.15) is 36.5 Å². The minimum absolute atomic E-state index is 0.0971. The monoisotopic (exact) mass is 438 g/mol. The highest BCUT2D eigenvalue weighted by Crippen LogP contribution is 2.45. The first-order valence-corrected chi connectivity index (χ1v) is 11.4. The van der Waals surface area contributed by atoms with Crippen molar-refractivity contribution in [1.82, 2.24) is 10.2 Å². The number of carbonyl (C=O) groups excluding carboxylic acids is 1. The molecular weight excluding hydrogens is 404 g/mol. The number of rotatable bonds is 7. The molecule has 1 aliphatic heterocycles. The van der Waals surface area contributed by atoms with Gasteiger partial charge in [0.15, 0.2) is 11.5 Å². The Hall–Kier alpha value is -2.73. The fraction of sp³-hybridized carbons (Fsp3) is 0.500. The molecule has 1 amide bonds. The van der Waals surface area contributed by atoms with Gasteiger partial charge in [-0.15, -0.1) is 0 Å². The molecule has 4 rings (SSSR count). The van der Waals surface area contributed by atoms with E-state index in [0.29, 0.717) is 13.1 Å². The smallest absolute Gasteiger partial charge is 0.409 e. The SMILES string of the molecule is CCNCC1(C)CN(C(=O)OC)CC1c1ccc(OC)c(OC2Cc3ccccc3C2)c1. The summed E-state index contributed by atoms with van der Waals surface area (Å²) in [6, 6.07) is 14.7. The van der Waals surface area contributed by atoms with Crippen LogP contribution in [0.5, 0.6) is 11.5 Å². The Labute approximate surface area is 190 Å². The topological polar surface area (TPSA) is 60.0 Å². The van der Waals surface area contributed by atoms with E-state index < -0.39 is 0 Å². The number of hydrogen-bond donors (Lipinski definition) is 1. The van der Waals surface area contributed by atoms with Crippen LogP contribution in [0.25, 0.3) is 0 Å². The molecule has 2 aliphatic rings. The van der Waals surface area contributed by atoms with Gasteiger partial charge in [-0.05, 0) is 35.4 Å². The third-order valence-corrected chi connectivity index (χ3v) is 6.91. The van der Waals surface area contributed by atoms with Gasteiger partial charge in [0.1, 0.15) is 6.10 Å². The second-order valence-electron chi connectivity index (χ2n) is 9.16. The van der Waals surface area contributed by atoms with E-state index in [4.69, 9.17) is 14.2 Å². The van der Waals surface area contributed by atoms with Gasteiger partial charge in [0.05, 0.1) is 14.2 Å². The third-order valence-electron chi connectivity index (χ3n) is 6.91. The zero-order chi connectivity index (χ0) is 22.7. The number of amides is 1. The lowest BCUT2D eigenvalue weighted by atomic mass is 9.76. The second kappa shape index (κ2) is 9.41. The molecule has 1 saturated heterocycles. The lowest BCUT2D eigenvalue weighted by Gasteiger charge is -2.31. The van der Waals surface area contributed by atoms with Gasteiger partial charge in [-0.25, -0.2) is 4.79 Å². The van der Waals surface area contributed by atoms with E-state index in [-0.39, 0.29) is 23.5 Å². The summed E-state index contributed by atoms with van der Waals surface area (Å²) in [4.78, 5) is 14.1. The standard InChI is InChI=1S/C26H34N2O4/c1-5-27-16-26(2)17-28(25(29)31-4)15-22(26)20-10-11-23(30-3)24(14-20)32-21-12-18-8-6-7-9-19(18)13-21/h6-11,14,21-22,27H,5,12-13,15-17H2,1-4H3. The molecule has 6 nitrogen and oxygen atoms in total. The van der Waals surface area contributed by atoms with Gasteiger partial charge in [-0.2, -0.15) is 0 Å². The zero-order valence-corrected chi connectivity index (χ0v) is 19.5. The maximum absolute atomic E-state index is 12.3. The summed E-state index contributed by atoms with van der Waals surface area (Å²) in [5, 5.41) is 3.48. The van der Waals surface area contributed by atoms with E-state index in [0.717, 1.165) is 43.0 Å². The fourth-order valence-corrected chi connectivity index (χ4v) is 5.20. The Morgan fingerprint density at radius 1 is 1.12 bits per heavy atom. The van der Waals surface area contributed by atoms with Crippen molar-refractivity contribution in [2.24, 2.45) is 5.41 Å². The van der Waals surface area contributed by atoms with Crippen LogP contribution >= 0.6 is 0 Å². The molecule has 0 saturated carbocycles. The Balaban J connectivity index is 1.59. The molecule has 1 fully saturated rings. The number of hydrogen-bond acceptors (Lipinski definition) is 5. The van der Waals surface area contributed by atoms with Crippen molar-refractivity contribution >= 4 is 6.09 Å². The van der Waals surface area contributed by atoms with Crippen LogP contribution in [0.15, 0.2) is 42.5 Å². The largest absolute Gasteiger partial charge is 0.493 e. The number of ether oxygens (including phenoxy) is 3. The predicted molar refractivity (Wildman–Crippen MR) is 125 cm³/mol. The highest BCUT2D eigenvalue weighted by molar-refractivity contribution is 5.68. The first kappa shape index (κ1) is 22.5. The van der Waals surface area contributed by atoms with E-state index in [1.54, 1.807) is 12.0 Å². The van der Waals surface area contributed by atoms with Crippen molar-refractivity contribution < 1.29 is 19.0 Å². The van der Waals surface area contributed by atoms with Crippen molar-refractivity contribution in [3.05, 3.63) is 59.2 Å². The van der Waals surface area contributed by atoms with Crippen LogP contribution in [-0.2, 0) is 17.6 Å². The minimum Gasteiger partial charge on any atom is -0.493 e. The van der Waals surface area contributed by atoms with Gasteiger partial charge in [0, 0.05) is 43.8 Å². The van der Waals surface area contributed by atoms with Gasteiger partial charge < -0.3 is 24.4 Å². The summed E-state index contributed by atoms with van der Waals surface area (Å²) in [7, 11) is 3.12. The molecule has 2 unspecified atom stereocenters. The van der Waals surface area contributed by atoms with Crippen molar-refractivity contribution in [2.75, 3.05) is 40.4 Å². The Bertz CT molecular complexity index is 938. The first-order chi connectivity index (χ1) is 15.5. The van der Waals surface area contributed by atoms with E-state index >= 15 is 0 Å². The number of carbonyl (C=O) groups is 1. The highest BCUT2D eigenvalue weighted by atomic mass is 16.5. The highest BCUT2D eigenvalue weighted by Gasteiger charge is 2.45. The maximum Gasteiger partial charge on any atom is 0.409 e. The Kier molecular flexibility index (Phi) is 6.60. The predicted octanol–water partition coefficient (Wildman–Crippen LogP) is 4.02. The molecule has 32 heavy (non-hydrogen) atoms. The third kappa shape index (κ3) is 4.42. The fourth-order valence-electron chi connectivity index (χ4n) is 5.20. The number of nitrogens with zero attached hydrogens (tertiary/aromatic N) is 1. The van der Waals surface area contributed by atoms with E-state index in [1.807, 2.05) is 6.07 Å². The van der Waals surface area contributed by atoms with Crippen molar-refractivity contribution in [3.8, 4) is 11.5 Å². The molecule has 2 aromatic rings. The van der Waals surface area contributed by atoms with Gasteiger partial charge in [-0.3, -0.25) is 0 Å². The normalized spacial score (nSPS) is 22.6. The maximum atomic E-state index is 12.3. The molecular formula is C26H34N2O4. The van der Waals surface area contributed by atoms with E-state index in [9.17, 15) is 4.79 Å². The van der Waals surface area contributed by atoms with Crippen LogP contribution in [0.3, 0.4) is 0 Å². The van der Waals surface area contributed by atoms with Crippen LogP contribution in [0.4, 0.5) is 4.79 Å². The molecule has 2 aromatic carbocycles. The minimum atomic E-state index is -0.274. The van der Waals surface area contributed by atoms with Crippen molar-refractivity contribution in [3.63, 3.8) is 0 Å². The molecule has 0 spiro atoms. The van der Waals surface area contributed by atoms with Crippen molar-refractivity contribution in [2.45, 2.75) is 38.7 Å². The van der Waals surface area contributed by atoms with Gasteiger partial charge in [0.2, 0.25) is 0 Å². The average molecular weight is 439 g/mol. The quantitative estimate of drug-likeness (QED) is 0.708. The molecule has 0 aromatic heterocycles. The van der Waals surface area contributed by atoms with E-state index in [2.05, 4.69) is 55.6 Å². The number of fused-ring (bicyclic) bond motifs is 1. The number of likely N-dealkylation sites (tertiary alicyclic amines) is 1. The molecule has 0 bridgehead atoms. The Morgan fingerprint density at radius 2 is 1.84 bits per heavy atom. The molecule has 0 radical (unpaired) electrons. The number of benzene rings is 2. The lowest BCUT2D eigenvalue weighted by Crippen LogP contribution is -2.38. The number of nitrogens with one attached hydrogen (secondary N) is 1. The zero-order valence-electron chi connectivity index (χ0n) is 19.5. The van der Waals surface area contributed by atoms with Crippen molar-refractivity contribution in [1.29, 1.82) is 0 Å². The molecule has 2 atom stereocenters. The molecule has 1 aliphatic carbocycles. The molecule has 1 N–H and O–H groups in total. The molecule has 172 valence electrons. The Morgan fingerprint density at radius 3 is 2.47 bits per heavy atom. The van der Waals surface area contributed by atoms with Crippen LogP contribution in [0.2, 0.25) is 0 Å². The van der Waals surface area contributed by atoms with Crippen LogP contribution < -0.4 is 14.8 Å². The van der Waals surface area contributed by atoms with Gasteiger partial charge in [-0.1, -0.05) is 44.2 Å². The molecule has 6 heteroatoms. The summed E-state index contributed by atoms with van der Waals surface area (Å²) in [6.07, 6.45) is 1.63. The summed E-state index contributed by atoms with van der Waals surface area (Å²) >= 11 is 0. The number of methoxy groups -OCH3 is 2.